The van der Waals surface area contributed by atoms with Gasteiger partial charge in [0.1, 0.15) is 0 Å². The Hall–Kier alpha value is -2.91. The molecule has 1 N–H and O–H groups in total. The molecular formula is C18H17ClN4O4S. The Bertz CT molecular complexity index is 1160. The van der Waals surface area contributed by atoms with Crippen molar-refractivity contribution in [3.05, 3.63) is 80.6 Å². The maximum Gasteiger partial charge on any atom is 0.270 e. The second kappa shape index (κ2) is 7.61. The molecule has 10 heteroatoms. The van der Waals surface area contributed by atoms with E-state index in [4.69, 9.17) is 11.6 Å². The fourth-order valence-corrected chi connectivity index (χ4v) is 4.16. The first kappa shape index (κ1) is 19.8. The average Bonchev–Trinajstić information content (AvgIpc) is 2.91. The van der Waals surface area contributed by atoms with Gasteiger partial charge in [0, 0.05) is 17.2 Å². The summed E-state index contributed by atoms with van der Waals surface area (Å²) in [5, 5.41) is 15.9. The Morgan fingerprint density at radius 3 is 2.57 bits per heavy atom. The number of non-ortho nitro benzene ring substituents is 1. The molecule has 0 amide bonds. The molecule has 0 saturated heterocycles. The molecule has 28 heavy (non-hydrogen) atoms. The van der Waals surface area contributed by atoms with Crippen LogP contribution in [0.25, 0.3) is 0 Å². The molecule has 3 rings (SSSR count). The number of aromatic nitrogens is 2. The summed E-state index contributed by atoms with van der Waals surface area (Å²) in [6.07, 6.45) is 0. The molecule has 0 saturated carbocycles. The maximum atomic E-state index is 12.7. The minimum Gasteiger partial charge on any atom is -0.276 e. The van der Waals surface area contributed by atoms with Gasteiger partial charge >= 0.3 is 0 Å². The summed E-state index contributed by atoms with van der Waals surface area (Å²) in [5.74, 6) is 0. The zero-order valence-corrected chi connectivity index (χ0v) is 16.7. The van der Waals surface area contributed by atoms with Crippen molar-refractivity contribution >= 4 is 33.0 Å². The number of benzene rings is 2. The van der Waals surface area contributed by atoms with E-state index in [1.807, 2.05) is 18.2 Å². The lowest BCUT2D eigenvalue weighted by molar-refractivity contribution is -0.385. The van der Waals surface area contributed by atoms with E-state index in [1.54, 1.807) is 24.6 Å². The summed E-state index contributed by atoms with van der Waals surface area (Å²) in [4.78, 5) is 10.1. The zero-order chi connectivity index (χ0) is 20.5. The summed E-state index contributed by atoms with van der Waals surface area (Å²) in [6.45, 7) is 3.80. The van der Waals surface area contributed by atoms with Crippen molar-refractivity contribution in [1.82, 2.24) is 9.78 Å². The minimum atomic E-state index is -4.02. The van der Waals surface area contributed by atoms with Crippen LogP contribution in [0, 0.1) is 24.0 Å². The van der Waals surface area contributed by atoms with E-state index in [9.17, 15) is 18.5 Å². The van der Waals surface area contributed by atoms with Crippen LogP contribution in [0.15, 0.2) is 53.4 Å². The van der Waals surface area contributed by atoms with Crippen LogP contribution in [0.4, 0.5) is 11.4 Å². The van der Waals surface area contributed by atoms with Gasteiger partial charge in [-0.2, -0.15) is 5.10 Å². The molecule has 0 aliphatic rings. The van der Waals surface area contributed by atoms with E-state index in [-0.39, 0.29) is 10.6 Å². The molecule has 1 heterocycles. The molecule has 0 atom stereocenters. The summed E-state index contributed by atoms with van der Waals surface area (Å²) in [6, 6.07) is 12.2. The molecule has 0 fully saturated rings. The highest BCUT2D eigenvalue weighted by atomic mass is 35.5. The van der Waals surface area contributed by atoms with E-state index in [0.717, 1.165) is 11.6 Å². The van der Waals surface area contributed by atoms with Crippen LogP contribution in [0.5, 0.6) is 0 Å². The van der Waals surface area contributed by atoms with Crippen LogP contribution in [0.2, 0.25) is 5.02 Å². The molecule has 146 valence electrons. The highest BCUT2D eigenvalue weighted by molar-refractivity contribution is 7.92. The molecule has 0 unspecified atom stereocenters. The van der Waals surface area contributed by atoms with Crippen molar-refractivity contribution in [1.29, 1.82) is 0 Å². The number of sulfonamides is 1. The summed E-state index contributed by atoms with van der Waals surface area (Å²) >= 11 is 6.19. The number of anilines is 1. The van der Waals surface area contributed by atoms with Gasteiger partial charge in [0.25, 0.3) is 15.7 Å². The molecule has 3 aromatic rings. The molecule has 8 nitrogen and oxygen atoms in total. The third-order valence-corrected chi connectivity index (χ3v) is 5.95. The SMILES string of the molecule is Cc1nn(Cc2ccccc2Cl)c(C)c1NS(=O)(=O)c1cccc([N+](=O)[O-])c1. The van der Waals surface area contributed by atoms with Crippen molar-refractivity contribution in [2.45, 2.75) is 25.3 Å². The highest BCUT2D eigenvalue weighted by Crippen LogP contribution is 2.26. The third-order valence-electron chi connectivity index (χ3n) is 4.23. The van der Waals surface area contributed by atoms with E-state index >= 15 is 0 Å². The number of nitrogens with one attached hydrogen (secondary N) is 1. The molecule has 1 aromatic heterocycles. The monoisotopic (exact) mass is 420 g/mol. The lowest BCUT2D eigenvalue weighted by atomic mass is 10.2. The van der Waals surface area contributed by atoms with Crippen LogP contribution in [-0.4, -0.2) is 23.1 Å². The lowest BCUT2D eigenvalue weighted by Gasteiger charge is -2.10. The van der Waals surface area contributed by atoms with Crippen LogP contribution < -0.4 is 4.72 Å². The molecule has 0 spiro atoms. The minimum absolute atomic E-state index is 0.195. The van der Waals surface area contributed by atoms with Gasteiger partial charge in [-0.25, -0.2) is 8.42 Å². The first-order valence-electron chi connectivity index (χ1n) is 8.24. The number of nitro groups is 1. The number of rotatable bonds is 6. The first-order valence-corrected chi connectivity index (χ1v) is 10.1. The Morgan fingerprint density at radius 2 is 1.89 bits per heavy atom. The number of hydrogen-bond acceptors (Lipinski definition) is 5. The summed E-state index contributed by atoms with van der Waals surface area (Å²) in [7, 11) is -4.02. The number of aryl methyl sites for hydroxylation is 1. The van der Waals surface area contributed by atoms with Crippen LogP contribution in [-0.2, 0) is 16.6 Å². The molecule has 0 bridgehead atoms. The fraction of sp³-hybridized carbons (Fsp3) is 0.167. The molecule has 0 aliphatic carbocycles. The predicted molar refractivity (Wildman–Crippen MR) is 106 cm³/mol. The normalized spacial score (nSPS) is 11.4. The van der Waals surface area contributed by atoms with Crippen molar-refractivity contribution in [2.24, 2.45) is 0 Å². The largest absolute Gasteiger partial charge is 0.276 e. The molecule has 0 radical (unpaired) electrons. The number of nitrogens with zero attached hydrogens (tertiary/aromatic N) is 3. The number of hydrogen-bond donors (Lipinski definition) is 1. The van der Waals surface area contributed by atoms with Crippen LogP contribution >= 0.6 is 11.6 Å². The van der Waals surface area contributed by atoms with Gasteiger partial charge in [0.15, 0.2) is 0 Å². The summed E-state index contributed by atoms with van der Waals surface area (Å²) in [5.41, 5.74) is 1.97. The number of halogens is 1. The summed E-state index contributed by atoms with van der Waals surface area (Å²) < 4.78 is 29.6. The van der Waals surface area contributed by atoms with Crippen molar-refractivity contribution in [3.8, 4) is 0 Å². The van der Waals surface area contributed by atoms with E-state index in [0.29, 0.717) is 28.6 Å². The third kappa shape index (κ3) is 4.00. The smallest absolute Gasteiger partial charge is 0.270 e. The van der Waals surface area contributed by atoms with Gasteiger partial charge in [-0.15, -0.1) is 0 Å². The lowest BCUT2D eigenvalue weighted by Crippen LogP contribution is -2.14. The highest BCUT2D eigenvalue weighted by Gasteiger charge is 2.22. The average molecular weight is 421 g/mol. The van der Waals surface area contributed by atoms with Gasteiger partial charge in [0.2, 0.25) is 0 Å². The van der Waals surface area contributed by atoms with E-state index < -0.39 is 14.9 Å². The Labute approximate surface area is 167 Å². The quantitative estimate of drug-likeness (QED) is 0.480. The fourth-order valence-electron chi connectivity index (χ4n) is 2.74. The van der Waals surface area contributed by atoms with Gasteiger partial charge in [-0.3, -0.25) is 19.5 Å². The maximum absolute atomic E-state index is 12.7. The van der Waals surface area contributed by atoms with Gasteiger partial charge in [-0.05, 0) is 31.5 Å². The molecule has 0 aliphatic heterocycles. The van der Waals surface area contributed by atoms with Crippen molar-refractivity contribution < 1.29 is 13.3 Å². The van der Waals surface area contributed by atoms with Gasteiger partial charge in [0.05, 0.1) is 33.4 Å². The predicted octanol–water partition coefficient (Wildman–Crippen LogP) is 3.91. The van der Waals surface area contributed by atoms with Gasteiger partial charge in [-0.1, -0.05) is 35.9 Å². The molecular weight excluding hydrogens is 404 g/mol. The molecule has 2 aromatic carbocycles. The first-order chi connectivity index (χ1) is 13.2. The topological polar surface area (TPSA) is 107 Å². The Kier molecular flexibility index (Phi) is 5.39. The second-order valence-electron chi connectivity index (χ2n) is 6.15. The second-order valence-corrected chi connectivity index (χ2v) is 8.24. The van der Waals surface area contributed by atoms with E-state index in [1.165, 1.54) is 18.2 Å². The van der Waals surface area contributed by atoms with Gasteiger partial charge < -0.3 is 0 Å². The zero-order valence-electron chi connectivity index (χ0n) is 15.1. The Morgan fingerprint density at radius 1 is 1.18 bits per heavy atom. The Balaban J connectivity index is 1.92. The van der Waals surface area contributed by atoms with Crippen LogP contribution in [0.3, 0.4) is 0 Å². The number of nitro benzene ring substituents is 1. The standard InChI is InChI=1S/C18H17ClN4O4S/c1-12-18(13(2)22(20-12)11-14-6-3-4-9-17(14)19)21-28(26,27)16-8-5-7-15(10-16)23(24)25/h3-10,21H,11H2,1-2H3. The van der Waals surface area contributed by atoms with E-state index in [2.05, 4.69) is 9.82 Å². The van der Waals surface area contributed by atoms with Crippen molar-refractivity contribution in [2.75, 3.05) is 4.72 Å². The van der Waals surface area contributed by atoms with Crippen LogP contribution in [0.1, 0.15) is 17.0 Å². The van der Waals surface area contributed by atoms with Crippen molar-refractivity contribution in [3.63, 3.8) is 0 Å².